The number of hydrogen-bond donors (Lipinski definition) is 19. The summed E-state index contributed by atoms with van der Waals surface area (Å²) in [6.07, 6.45) is -36.2. The number of hydrogen-bond acceptors (Lipinski definition) is 31. The number of carbonyl (C=O) groups is 1. The highest BCUT2D eigenvalue weighted by molar-refractivity contribution is 5.66. The van der Waals surface area contributed by atoms with E-state index < -0.39 is 230 Å². The number of aliphatic carboxylic acids is 1. The Hall–Kier alpha value is -2.25. The molecule has 32 nitrogen and oxygen atoms in total. The lowest BCUT2D eigenvalue weighted by Crippen LogP contribution is -2.69. The molecule has 22 saturated heterocycles. The Morgan fingerprint density at radius 2 is 0.523 bits per heavy atom. The fourth-order valence-corrected chi connectivity index (χ4v) is 11.0. The number of carboxylic acid groups (broad SMARTS) is 1. The molecule has 0 aliphatic carbocycles. The molecule has 0 radical (unpaired) electrons. The van der Waals surface area contributed by atoms with E-state index in [4.69, 9.17) is 61.9 Å². The molecule has 0 aromatic carbocycles. The van der Waals surface area contributed by atoms with Crippen LogP contribution in [0.15, 0.2) is 24.3 Å². The average Bonchev–Trinajstić information content (AvgIpc) is 3.07. The van der Waals surface area contributed by atoms with E-state index in [0.29, 0.717) is 6.42 Å². The molecule has 0 aromatic heterocycles. The highest BCUT2D eigenvalue weighted by atomic mass is 16.8. The van der Waals surface area contributed by atoms with Crippen LogP contribution in [0.3, 0.4) is 0 Å². The van der Waals surface area contributed by atoms with Crippen LogP contribution in [-0.4, -0.2) is 327 Å². The van der Waals surface area contributed by atoms with Gasteiger partial charge in [-0.05, 0) is 38.5 Å². The molecule has 12 bridgehead atoms. The van der Waals surface area contributed by atoms with Crippen molar-refractivity contribution in [2.75, 3.05) is 39.6 Å². The summed E-state index contributed by atoms with van der Waals surface area (Å²) in [6.45, 7) is -3.76. The fraction of sp³-hybridized carbons (Fsp3) is 0.907. The summed E-state index contributed by atoms with van der Waals surface area (Å²) in [7, 11) is 0. The largest absolute Gasteiger partial charge is 0.481 e. The molecule has 32 heteroatoms. The van der Waals surface area contributed by atoms with Gasteiger partial charge in [0.2, 0.25) is 0 Å². The van der Waals surface area contributed by atoms with Crippen LogP contribution < -0.4 is 0 Å². The lowest BCUT2D eigenvalue weighted by molar-refractivity contribution is -0.404. The number of ether oxygens (including phenoxy) is 12. The van der Waals surface area contributed by atoms with Crippen LogP contribution in [0.2, 0.25) is 0 Å². The Kier molecular flexibility index (Phi) is 30.1. The van der Waals surface area contributed by atoms with Crippen LogP contribution in [0.25, 0.3) is 0 Å². The monoisotopic (exact) mass is 1250 g/mol. The molecule has 0 spiro atoms. The molecular weight excluding hydrogens is 1160 g/mol. The van der Waals surface area contributed by atoms with Crippen LogP contribution in [0.5, 0.6) is 0 Å². The van der Waals surface area contributed by atoms with Gasteiger partial charge in [-0.25, -0.2) is 0 Å². The first kappa shape index (κ1) is 72.8. The SMILES string of the molecule is CCCCC/C=C\C/C=C\CCCCCCCC(=O)O.OC[C@H]1O[C@@H]2O[C@H]3[C@H](O)[C@@H](O)[C@@H](O[C@H]4[C@H](O)[C@@H](O)[C@@H](O[C@H]5[C@H](O)[C@@H](O)[C@@H](O[C@H]6[C@H](O)[C@@H](O)[C@@H](O[C@H]7[C@H](O)[C@@H](O)[C@@H](O[C@H]1[C@H](O)[C@H]2O)O[C@@H]7CO)O[C@@H]6CO)O[C@@H]5CO)O[C@@H]4CO)O[C@@H]3CO. The number of unbranched alkanes of at least 4 members (excludes halogenated alkanes) is 8. The summed E-state index contributed by atoms with van der Waals surface area (Å²) in [5, 5.41) is 204. The van der Waals surface area contributed by atoms with Gasteiger partial charge in [0, 0.05) is 6.42 Å². The van der Waals surface area contributed by atoms with Crippen molar-refractivity contribution >= 4 is 5.97 Å². The standard InChI is InChI=1S/C36H60O30.C18H32O2/c37-1-7-25-13(43)19(49)31(55-7)62-26-8(2-38)57-33(21(51)15(26)45)64-28-10(4-40)59-35(23(53)17(28)47)66-30-12(6-42)60-36(24(54)18(30)48)65-29-11(5-41)58-34(22(52)16(29)46)63-27-9(3-39)56-32(61-25)20(50)14(27)44;1-2-3-4-5-6-7-8-9-10-11-12-13-14-15-16-17-18(19)20/h7-54H,1-6H2;6-7,9-10H,2-5,8,11-17H2,1H3,(H,19,20)/b;7-6-,10-9-/t7-,8-,9-,10-,11-,12-,13-,14-,15-,16-,17-,18-,19-,20-,21-,22-,23-,24-,25-,26-,27-,28-,29-,30-,31-,32-,33-,34-,35-,36-;/m1./s1. The minimum absolute atomic E-state index is 0.324. The zero-order chi connectivity index (χ0) is 62.9. The van der Waals surface area contributed by atoms with Gasteiger partial charge in [-0.2, -0.15) is 0 Å². The fourth-order valence-electron chi connectivity index (χ4n) is 11.0. The Balaban J connectivity index is 0.000000505. The van der Waals surface area contributed by atoms with Gasteiger partial charge < -0.3 is 154 Å². The van der Waals surface area contributed by atoms with Crippen LogP contribution in [0.1, 0.15) is 84.0 Å². The van der Waals surface area contributed by atoms with Crippen molar-refractivity contribution in [2.24, 2.45) is 0 Å². The Morgan fingerprint density at radius 3 is 0.744 bits per heavy atom. The smallest absolute Gasteiger partial charge is 0.303 e. The predicted molar refractivity (Wildman–Crippen MR) is 283 cm³/mol. The van der Waals surface area contributed by atoms with E-state index in [1.54, 1.807) is 0 Å². The van der Waals surface area contributed by atoms with E-state index in [2.05, 4.69) is 31.2 Å². The zero-order valence-corrected chi connectivity index (χ0v) is 47.7. The number of rotatable bonds is 20. The first-order valence-electron chi connectivity index (χ1n) is 29.4. The summed E-state index contributed by atoms with van der Waals surface area (Å²) < 4.78 is 67.9. The minimum atomic E-state index is -2.15. The lowest BCUT2D eigenvalue weighted by Gasteiger charge is -2.50. The van der Waals surface area contributed by atoms with Gasteiger partial charge in [-0.15, -0.1) is 0 Å². The van der Waals surface area contributed by atoms with Crippen molar-refractivity contribution in [2.45, 2.75) is 268 Å². The average molecular weight is 1250 g/mol. The third kappa shape index (κ3) is 18.3. The number of carboxylic acids is 1. The maximum atomic E-state index is 11.2. The summed E-state index contributed by atoms with van der Waals surface area (Å²) in [5.41, 5.74) is 0. The molecule has 22 fully saturated rings. The Labute approximate surface area is 495 Å². The third-order valence-corrected chi connectivity index (χ3v) is 16.0. The molecule has 22 rings (SSSR count). The van der Waals surface area contributed by atoms with Gasteiger partial charge in [0.1, 0.15) is 146 Å². The summed E-state index contributed by atoms with van der Waals surface area (Å²) in [5.74, 6) is -0.671. The van der Waals surface area contributed by atoms with Crippen molar-refractivity contribution in [3.63, 3.8) is 0 Å². The quantitative estimate of drug-likeness (QED) is 0.0398. The Bertz CT molecular complexity index is 1710. The van der Waals surface area contributed by atoms with Crippen molar-refractivity contribution in [1.82, 2.24) is 0 Å². The van der Waals surface area contributed by atoms with Crippen molar-refractivity contribution in [3.8, 4) is 0 Å². The van der Waals surface area contributed by atoms with E-state index in [9.17, 15) is 96.7 Å². The molecule has 30 atom stereocenters. The second-order valence-corrected chi connectivity index (χ2v) is 22.2. The van der Waals surface area contributed by atoms with Crippen LogP contribution in [0, 0.1) is 0 Å². The van der Waals surface area contributed by atoms with Crippen LogP contribution >= 0.6 is 0 Å². The number of aliphatic hydroxyl groups excluding tert-OH is 18. The maximum absolute atomic E-state index is 11.2. The van der Waals surface area contributed by atoms with Gasteiger partial charge in [-0.1, -0.05) is 63.3 Å². The Morgan fingerprint density at radius 1 is 0.302 bits per heavy atom. The van der Waals surface area contributed by atoms with Crippen molar-refractivity contribution in [3.05, 3.63) is 24.3 Å². The number of aliphatic hydroxyl groups is 18. The highest BCUT2D eigenvalue weighted by Crippen LogP contribution is 2.38. The van der Waals surface area contributed by atoms with Crippen LogP contribution in [-0.2, 0) is 61.6 Å². The molecule has 0 amide bonds. The molecule has 0 saturated carbocycles. The summed E-state index contributed by atoms with van der Waals surface area (Å²) in [6, 6.07) is 0. The minimum Gasteiger partial charge on any atom is -0.481 e. The number of allylic oxidation sites excluding steroid dienone is 4. The summed E-state index contributed by atoms with van der Waals surface area (Å²) in [4.78, 5) is 10.3. The highest BCUT2D eigenvalue weighted by Gasteiger charge is 2.58. The predicted octanol–water partition coefficient (Wildman–Crippen LogP) is -7.17. The van der Waals surface area contributed by atoms with Gasteiger partial charge in [0.15, 0.2) is 37.7 Å². The van der Waals surface area contributed by atoms with Crippen LogP contribution in [0.4, 0.5) is 0 Å². The van der Waals surface area contributed by atoms with E-state index in [-0.39, 0.29) is 0 Å². The third-order valence-electron chi connectivity index (χ3n) is 16.0. The van der Waals surface area contributed by atoms with Gasteiger partial charge in [-0.3, -0.25) is 4.79 Å². The first-order chi connectivity index (χ1) is 41.2. The summed E-state index contributed by atoms with van der Waals surface area (Å²) >= 11 is 0. The second kappa shape index (κ2) is 35.5. The van der Waals surface area contributed by atoms with E-state index >= 15 is 0 Å². The molecular formula is C54H92O32. The van der Waals surface area contributed by atoms with Gasteiger partial charge in [0.05, 0.1) is 39.6 Å². The van der Waals surface area contributed by atoms with Gasteiger partial charge >= 0.3 is 5.97 Å². The normalized spacial score (nSPS) is 45.2. The molecule has 22 heterocycles. The van der Waals surface area contributed by atoms with Gasteiger partial charge in [0.25, 0.3) is 0 Å². The first-order valence-corrected chi connectivity index (χ1v) is 29.4. The van der Waals surface area contributed by atoms with Crippen molar-refractivity contribution < 1.29 is 159 Å². The molecule has 0 unspecified atom stereocenters. The maximum Gasteiger partial charge on any atom is 0.303 e. The van der Waals surface area contributed by atoms with E-state index in [1.165, 1.54) is 44.9 Å². The van der Waals surface area contributed by atoms with Crippen molar-refractivity contribution in [1.29, 1.82) is 0 Å². The molecule has 22 aliphatic rings. The molecule has 86 heavy (non-hydrogen) atoms. The molecule has 0 aromatic rings. The van der Waals surface area contributed by atoms with E-state index in [0.717, 1.165) is 25.7 Å². The molecule has 22 aliphatic heterocycles. The lowest BCUT2D eigenvalue weighted by atomic mass is 9.94. The topological polar surface area (TPSA) is 512 Å². The second-order valence-electron chi connectivity index (χ2n) is 22.2. The molecule has 500 valence electrons. The molecule has 19 N–H and O–H groups in total. The van der Waals surface area contributed by atoms with E-state index in [1.807, 2.05) is 0 Å². The zero-order valence-electron chi connectivity index (χ0n) is 47.7.